The van der Waals surface area contributed by atoms with Gasteiger partial charge in [0, 0.05) is 50.2 Å². The van der Waals surface area contributed by atoms with E-state index in [-0.39, 0.29) is 5.69 Å². The lowest BCUT2D eigenvalue weighted by Gasteiger charge is -2.35. The topological polar surface area (TPSA) is 115 Å². The molecule has 0 radical (unpaired) electrons. The van der Waals surface area contributed by atoms with E-state index in [2.05, 4.69) is 19.8 Å². The van der Waals surface area contributed by atoms with Crippen LogP contribution in [0.3, 0.4) is 0 Å². The monoisotopic (exact) mass is 352 g/mol. The first-order valence-electron chi connectivity index (χ1n) is 7.53. The molecule has 1 aromatic carbocycles. The predicted molar refractivity (Wildman–Crippen MR) is 89.2 cm³/mol. The van der Waals surface area contributed by atoms with Crippen molar-refractivity contribution in [2.45, 2.75) is 6.42 Å². The summed E-state index contributed by atoms with van der Waals surface area (Å²) in [6.07, 6.45) is 0.663. The second kappa shape index (κ2) is 7.02. The minimum Gasteiger partial charge on any atom is -0.379 e. The minimum atomic E-state index is -0.395. The van der Waals surface area contributed by atoms with Crippen molar-refractivity contribution in [2.75, 3.05) is 43.4 Å². The SMILES string of the molecule is Nc1nonc1CCN1CCN(c2ccc(Cl)cc2[N+](=O)[O-])CC1. The maximum Gasteiger partial charge on any atom is 0.294 e. The van der Waals surface area contributed by atoms with Gasteiger partial charge in [0.2, 0.25) is 0 Å². The van der Waals surface area contributed by atoms with E-state index in [0.29, 0.717) is 41.7 Å². The molecule has 1 saturated heterocycles. The lowest BCUT2D eigenvalue weighted by atomic mass is 10.2. The highest BCUT2D eigenvalue weighted by molar-refractivity contribution is 6.30. The molecule has 0 amide bonds. The van der Waals surface area contributed by atoms with Crippen molar-refractivity contribution in [3.05, 3.63) is 39.0 Å². The Labute approximate surface area is 143 Å². The third kappa shape index (κ3) is 3.57. The molecule has 0 bridgehead atoms. The standard InChI is InChI=1S/C14H17ClN6O3/c15-10-1-2-12(13(9-10)21(22)23)20-7-5-19(6-8-20)4-3-11-14(16)18-24-17-11/h1-2,9H,3-8H2,(H2,16,18). The molecule has 1 aliphatic rings. The van der Waals surface area contributed by atoms with Crippen LogP contribution in [0, 0.1) is 10.1 Å². The van der Waals surface area contributed by atoms with Gasteiger partial charge in [0.15, 0.2) is 5.82 Å². The molecule has 2 aromatic rings. The van der Waals surface area contributed by atoms with E-state index in [0.717, 1.165) is 19.6 Å². The van der Waals surface area contributed by atoms with Gasteiger partial charge in [-0.05, 0) is 17.3 Å². The number of nitro benzene ring substituents is 1. The zero-order chi connectivity index (χ0) is 17.1. The highest BCUT2D eigenvalue weighted by atomic mass is 35.5. The van der Waals surface area contributed by atoms with Crippen molar-refractivity contribution in [3.8, 4) is 0 Å². The molecule has 1 aromatic heterocycles. The van der Waals surface area contributed by atoms with E-state index in [1.54, 1.807) is 12.1 Å². The molecule has 24 heavy (non-hydrogen) atoms. The quantitative estimate of drug-likeness (QED) is 0.637. The van der Waals surface area contributed by atoms with Crippen molar-refractivity contribution in [3.63, 3.8) is 0 Å². The Balaban J connectivity index is 1.59. The largest absolute Gasteiger partial charge is 0.379 e. The van der Waals surface area contributed by atoms with Gasteiger partial charge in [0.1, 0.15) is 11.4 Å². The molecular weight excluding hydrogens is 336 g/mol. The van der Waals surface area contributed by atoms with Crippen LogP contribution in [0.15, 0.2) is 22.8 Å². The number of nitrogens with zero attached hydrogens (tertiary/aromatic N) is 5. The number of hydrogen-bond acceptors (Lipinski definition) is 8. The molecule has 10 heteroatoms. The van der Waals surface area contributed by atoms with Gasteiger partial charge in [-0.3, -0.25) is 15.0 Å². The fraction of sp³-hybridized carbons (Fsp3) is 0.429. The molecule has 1 aliphatic heterocycles. The highest BCUT2D eigenvalue weighted by Crippen LogP contribution is 2.31. The van der Waals surface area contributed by atoms with Gasteiger partial charge in [0.05, 0.1) is 4.92 Å². The lowest BCUT2D eigenvalue weighted by molar-refractivity contribution is -0.384. The summed E-state index contributed by atoms with van der Waals surface area (Å²) in [5.41, 5.74) is 6.95. The number of piperazine rings is 1. The summed E-state index contributed by atoms with van der Waals surface area (Å²) in [6, 6.07) is 4.78. The molecule has 0 atom stereocenters. The first kappa shape index (κ1) is 16.5. The predicted octanol–water partition coefficient (Wildman–Crippen LogP) is 1.58. The van der Waals surface area contributed by atoms with E-state index >= 15 is 0 Å². The number of hydrogen-bond donors (Lipinski definition) is 1. The zero-order valence-corrected chi connectivity index (χ0v) is 13.6. The number of nitro groups is 1. The first-order valence-corrected chi connectivity index (χ1v) is 7.90. The number of nitrogen functional groups attached to an aromatic ring is 1. The van der Waals surface area contributed by atoms with E-state index in [9.17, 15) is 10.1 Å². The number of anilines is 2. The number of nitrogens with two attached hydrogens (primary N) is 1. The number of aromatic nitrogens is 2. The number of rotatable bonds is 5. The van der Waals surface area contributed by atoms with Crippen LogP contribution < -0.4 is 10.6 Å². The lowest BCUT2D eigenvalue weighted by Crippen LogP contribution is -2.47. The Morgan fingerprint density at radius 1 is 1.29 bits per heavy atom. The summed E-state index contributed by atoms with van der Waals surface area (Å²) in [4.78, 5) is 15.1. The average Bonchev–Trinajstić information content (AvgIpc) is 2.98. The number of halogens is 1. The average molecular weight is 353 g/mol. The smallest absolute Gasteiger partial charge is 0.294 e. The van der Waals surface area contributed by atoms with Crippen LogP contribution in [0.5, 0.6) is 0 Å². The van der Waals surface area contributed by atoms with Crippen molar-refractivity contribution in [1.82, 2.24) is 15.2 Å². The first-order chi connectivity index (χ1) is 11.5. The molecule has 0 unspecified atom stereocenters. The molecule has 128 valence electrons. The summed E-state index contributed by atoms with van der Waals surface area (Å²) in [5, 5.41) is 18.9. The Morgan fingerprint density at radius 2 is 2.04 bits per heavy atom. The van der Waals surface area contributed by atoms with Crippen LogP contribution in [0.4, 0.5) is 17.2 Å². The molecule has 3 rings (SSSR count). The van der Waals surface area contributed by atoms with Gasteiger partial charge in [-0.1, -0.05) is 16.8 Å². The second-order valence-electron chi connectivity index (χ2n) is 5.56. The Morgan fingerprint density at radius 3 is 2.67 bits per heavy atom. The Hall–Kier alpha value is -2.39. The van der Waals surface area contributed by atoms with Crippen LogP contribution in [-0.2, 0) is 6.42 Å². The second-order valence-corrected chi connectivity index (χ2v) is 6.00. The highest BCUT2D eigenvalue weighted by Gasteiger charge is 2.24. The summed E-state index contributed by atoms with van der Waals surface area (Å²) in [7, 11) is 0. The fourth-order valence-electron chi connectivity index (χ4n) is 2.77. The summed E-state index contributed by atoms with van der Waals surface area (Å²) in [6.45, 7) is 3.79. The van der Waals surface area contributed by atoms with Gasteiger partial charge in [-0.2, -0.15) is 0 Å². The maximum absolute atomic E-state index is 11.2. The summed E-state index contributed by atoms with van der Waals surface area (Å²) >= 11 is 5.87. The van der Waals surface area contributed by atoms with Gasteiger partial charge < -0.3 is 10.6 Å². The third-order valence-electron chi connectivity index (χ3n) is 4.10. The van der Waals surface area contributed by atoms with Gasteiger partial charge in [-0.15, -0.1) is 0 Å². The van der Waals surface area contributed by atoms with Gasteiger partial charge in [0.25, 0.3) is 5.69 Å². The molecule has 0 spiro atoms. The minimum absolute atomic E-state index is 0.0393. The maximum atomic E-state index is 11.2. The van der Waals surface area contributed by atoms with Crippen LogP contribution in [0.2, 0.25) is 5.02 Å². The Bertz CT molecular complexity index is 729. The summed E-state index contributed by atoms with van der Waals surface area (Å²) in [5.74, 6) is 0.324. The van der Waals surface area contributed by atoms with Crippen molar-refractivity contribution in [1.29, 1.82) is 0 Å². The van der Waals surface area contributed by atoms with Crippen LogP contribution >= 0.6 is 11.6 Å². The van der Waals surface area contributed by atoms with Crippen molar-refractivity contribution < 1.29 is 9.55 Å². The van der Waals surface area contributed by atoms with Gasteiger partial charge >= 0.3 is 0 Å². The summed E-state index contributed by atoms with van der Waals surface area (Å²) < 4.78 is 4.58. The van der Waals surface area contributed by atoms with Crippen molar-refractivity contribution in [2.24, 2.45) is 0 Å². The fourth-order valence-corrected chi connectivity index (χ4v) is 2.94. The molecule has 0 aliphatic carbocycles. The molecular formula is C14H17ClN6O3. The third-order valence-corrected chi connectivity index (χ3v) is 4.33. The van der Waals surface area contributed by atoms with Crippen molar-refractivity contribution >= 4 is 28.8 Å². The normalized spacial score (nSPS) is 15.6. The van der Waals surface area contributed by atoms with Crippen LogP contribution in [-0.4, -0.2) is 52.9 Å². The van der Waals surface area contributed by atoms with Crippen LogP contribution in [0.25, 0.3) is 0 Å². The van der Waals surface area contributed by atoms with E-state index in [4.69, 9.17) is 17.3 Å². The molecule has 1 fully saturated rings. The number of benzene rings is 1. The zero-order valence-electron chi connectivity index (χ0n) is 12.9. The van der Waals surface area contributed by atoms with E-state index < -0.39 is 4.92 Å². The van der Waals surface area contributed by atoms with Gasteiger partial charge in [-0.25, -0.2) is 4.63 Å². The molecule has 2 heterocycles. The Kier molecular flexibility index (Phi) is 4.81. The molecule has 9 nitrogen and oxygen atoms in total. The van der Waals surface area contributed by atoms with Crippen LogP contribution in [0.1, 0.15) is 5.69 Å². The molecule has 0 saturated carbocycles. The molecule has 2 N–H and O–H groups in total. The van der Waals surface area contributed by atoms with E-state index in [1.807, 2.05) is 4.90 Å². The van der Waals surface area contributed by atoms with E-state index in [1.165, 1.54) is 6.07 Å².